The van der Waals surface area contributed by atoms with E-state index in [0.717, 1.165) is 10.6 Å². The molecular weight excluding hydrogens is 365 g/mol. The third-order valence-electron chi connectivity index (χ3n) is 2.70. The van der Waals surface area contributed by atoms with E-state index in [1.807, 2.05) is 6.92 Å². The molecule has 112 valence electrons. The van der Waals surface area contributed by atoms with Crippen molar-refractivity contribution in [2.45, 2.75) is 6.92 Å². The number of hydrogen-bond acceptors (Lipinski definition) is 7. The molecule has 0 aliphatic heterocycles. The van der Waals surface area contributed by atoms with Crippen LogP contribution in [0.1, 0.15) is 5.69 Å². The molecule has 3 aromatic rings. The van der Waals surface area contributed by atoms with Gasteiger partial charge in [0.15, 0.2) is 5.01 Å². The molecule has 2 aromatic heterocycles. The van der Waals surface area contributed by atoms with Crippen LogP contribution in [0.5, 0.6) is 0 Å². The number of halogens is 2. The van der Waals surface area contributed by atoms with Crippen molar-refractivity contribution in [1.82, 2.24) is 19.8 Å². The van der Waals surface area contributed by atoms with Gasteiger partial charge < -0.3 is 0 Å². The number of aromatic nitrogens is 4. The van der Waals surface area contributed by atoms with Gasteiger partial charge in [-0.2, -0.15) is 0 Å². The zero-order chi connectivity index (χ0) is 15.7. The third-order valence-corrected chi connectivity index (χ3v) is 5.04. The predicted molar refractivity (Wildman–Crippen MR) is 88.2 cm³/mol. The Bertz CT molecular complexity index is 814. The van der Waals surface area contributed by atoms with E-state index in [9.17, 15) is 4.79 Å². The molecular formula is C12H7Cl2N5OS2. The summed E-state index contributed by atoms with van der Waals surface area (Å²) in [6.07, 6.45) is 0.643. The molecule has 1 amide bonds. The third kappa shape index (κ3) is 2.95. The topological polar surface area (TPSA) is 71.9 Å². The van der Waals surface area contributed by atoms with E-state index in [2.05, 4.69) is 19.8 Å². The van der Waals surface area contributed by atoms with E-state index in [0.29, 0.717) is 32.3 Å². The first-order valence-electron chi connectivity index (χ1n) is 5.92. The molecule has 1 aromatic carbocycles. The quantitative estimate of drug-likeness (QED) is 0.648. The lowest BCUT2D eigenvalue weighted by molar-refractivity contribution is -0.106. The largest absolute Gasteiger partial charge is 0.278 e. The second-order valence-electron chi connectivity index (χ2n) is 4.18. The fourth-order valence-corrected chi connectivity index (χ4v) is 3.84. The molecule has 10 heteroatoms. The fourth-order valence-electron chi connectivity index (χ4n) is 1.73. The lowest BCUT2D eigenvalue weighted by atomic mass is 10.3. The summed E-state index contributed by atoms with van der Waals surface area (Å²) in [4.78, 5) is 13.6. The molecule has 0 saturated carbocycles. The highest BCUT2D eigenvalue weighted by molar-refractivity contribution is 7.22. The highest BCUT2D eigenvalue weighted by Gasteiger charge is 2.18. The smallest absolute Gasteiger partial charge is 0.220 e. The van der Waals surface area contributed by atoms with Crippen LogP contribution in [0.15, 0.2) is 18.2 Å². The van der Waals surface area contributed by atoms with Crippen molar-refractivity contribution in [3.8, 4) is 9.88 Å². The molecule has 6 nitrogen and oxygen atoms in total. The molecule has 0 N–H and O–H groups in total. The van der Waals surface area contributed by atoms with Crippen LogP contribution in [0.3, 0.4) is 0 Å². The van der Waals surface area contributed by atoms with Crippen LogP contribution in [0, 0.1) is 6.92 Å². The first-order valence-corrected chi connectivity index (χ1v) is 8.26. The zero-order valence-electron chi connectivity index (χ0n) is 11.0. The van der Waals surface area contributed by atoms with E-state index in [4.69, 9.17) is 23.2 Å². The summed E-state index contributed by atoms with van der Waals surface area (Å²) in [6.45, 7) is 1.84. The van der Waals surface area contributed by atoms with Gasteiger partial charge >= 0.3 is 0 Å². The Morgan fingerprint density at radius 1 is 1.14 bits per heavy atom. The summed E-state index contributed by atoms with van der Waals surface area (Å²) in [7, 11) is 0. The van der Waals surface area contributed by atoms with Crippen molar-refractivity contribution < 1.29 is 4.79 Å². The lowest BCUT2D eigenvalue weighted by Gasteiger charge is -2.13. The highest BCUT2D eigenvalue weighted by Crippen LogP contribution is 2.35. The van der Waals surface area contributed by atoms with E-state index in [-0.39, 0.29) is 0 Å². The molecule has 0 spiro atoms. The van der Waals surface area contributed by atoms with Crippen LogP contribution < -0.4 is 4.90 Å². The van der Waals surface area contributed by atoms with Crippen molar-refractivity contribution in [2.24, 2.45) is 0 Å². The van der Waals surface area contributed by atoms with Crippen LogP contribution in [0.4, 0.5) is 10.8 Å². The van der Waals surface area contributed by atoms with Crippen LogP contribution >= 0.6 is 46.1 Å². The number of benzene rings is 1. The number of amides is 1. The maximum Gasteiger partial charge on any atom is 0.220 e. The molecule has 2 heterocycles. The minimum absolute atomic E-state index is 0.413. The number of anilines is 2. The van der Waals surface area contributed by atoms with Gasteiger partial charge in [-0.15, -0.1) is 15.3 Å². The number of hydrogen-bond donors (Lipinski definition) is 0. The van der Waals surface area contributed by atoms with E-state index >= 15 is 0 Å². The van der Waals surface area contributed by atoms with Gasteiger partial charge in [0.2, 0.25) is 11.5 Å². The standard InChI is InChI=1S/C12H7Cl2N5OS2/c1-6-10(22-18-15-6)11-16-17-12(21-11)19(5-20)9-3-7(13)2-8(14)4-9/h2-5H,1H3. The maximum atomic E-state index is 11.4. The Morgan fingerprint density at radius 3 is 2.45 bits per heavy atom. The average Bonchev–Trinajstić information content (AvgIpc) is 3.07. The molecule has 0 fully saturated rings. The van der Waals surface area contributed by atoms with Crippen molar-refractivity contribution in [1.29, 1.82) is 0 Å². The molecule has 3 rings (SSSR count). The molecule has 0 saturated heterocycles. The zero-order valence-corrected chi connectivity index (χ0v) is 14.2. The van der Waals surface area contributed by atoms with Crippen molar-refractivity contribution in [3.63, 3.8) is 0 Å². The molecule has 0 radical (unpaired) electrons. The second-order valence-corrected chi connectivity index (χ2v) is 6.76. The second kappa shape index (κ2) is 6.25. The molecule has 0 unspecified atom stereocenters. The Hall–Kier alpha value is -1.61. The molecule has 0 bridgehead atoms. The van der Waals surface area contributed by atoms with Crippen LogP contribution in [-0.4, -0.2) is 26.2 Å². The summed E-state index contributed by atoms with van der Waals surface area (Å²) < 4.78 is 3.87. The van der Waals surface area contributed by atoms with Gasteiger partial charge in [0.25, 0.3) is 0 Å². The highest BCUT2D eigenvalue weighted by atomic mass is 35.5. The van der Waals surface area contributed by atoms with E-state index in [1.54, 1.807) is 18.2 Å². The van der Waals surface area contributed by atoms with Gasteiger partial charge in [-0.25, -0.2) is 0 Å². The summed E-state index contributed by atoms with van der Waals surface area (Å²) in [5, 5.41) is 14.0. The van der Waals surface area contributed by atoms with Crippen LogP contribution in [0.2, 0.25) is 10.0 Å². The average molecular weight is 372 g/mol. The van der Waals surface area contributed by atoms with E-state index < -0.39 is 0 Å². The van der Waals surface area contributed by atoms with Gasteiger partial charge in [0.1, 0.15) is 4.88 Å². The predicted octanol–water partition coefficient (Wildman–Crippen LogP) is 3.97. The number of aryl methyl sites for hydroxylation is 1. The number of nitrogens with zero attached hydrogens (tertiary/aromatic N) is 5. The lowest BCUT2D eigenvalue weighted by Crippen LogP contribution is -2.13. The Kier molecular flexibility index (Phi) is 4.34. The van der Waals surface area contributed by atoms with E-state index in [1.165, 1.54) is 27.8 Å². The Morgan fingerprint density at radius 2 is 1.86 bits per heavy atom. The molecule has 0 aliphatic rings. The molecule has 22 heavy (non-hydrogen) atoms. The van der Waals surface area contributed by atoms with Crippen LogP contribution in [-0.2, 0) is 4.79 Å². The van der Waals surface area contributed by atoms with Crippen LogP contribution in [0.25, 0.3) is 9.88 Å². The Balaban J connectivity index is 2.00. The minimum Gasteiger partial charge on any atom is -0.278 e. The van der Waals surface area contributed by atoms with Crippen molar-refractivity contribution in [3.05, 3.63) is 33.9 Å². The van der Waals surface area contributed by atoms with Crippen molar-refractivity contribution in [2.75, 3.05) is 4.90 Å². The summed E-state index contributed by atoms with van der Waals surface area (Å²) >= 11 is 14.4. The SMILES string of the molecule is Cc1nnsc1-c1nnc(N(C=O)c2cc(Cl)cc(Cl)c2)s1. The van der Waals surface area contributed by atoms with Gasteiger partial charge in [0.05, 0.1) is 11.4 Å². The fraction of sp³-hybridized carbons (Fsp3) is 0.0833. The monoisotopic (exact) mass is 371 g/mol. The van der Waals surface area contributed by atoms with Gasteiger partial charge in [-0.05, 0) is 36.7 Å². The number of carbonyl (C=O) groups is 1. The summed E-state index contributed by atoms with van der Waals surface area (Å²) in [6, 6.07) is 4.85. The normalized spacial score (nSPS) is 10.7. The van der Waals surface area contributed by atoms with Gasteiger partial charge in [0, 0.05) is 10.0 Å². The first kappa shape index (κ1) is 15.3. The minimum atomic E-state index is 0.413. The molecule has 0 atom stereocenters. The van der Waals surface area contributed by atoms with Gasteiger partial charge in [-0.1, -0.05) is 39.0 Å². The first-order chi connectivity index (χ1) is 10.6. The van der Waals surface area contributed by atoms with Gasteiger partial charge in [-0.3, -0.25) is 9.69 Å². The summed E-state index contributed by atoms with van der Waals surface area (Å²) in [5.41, 5.74) is 1.30. The maximum absolute atomic E-state index is 11.4. The molecule has 0 aliphatic carbocycles. The Labute approximate surface area is 143 Å². The van der Waals surface area contributed by atoms with Crippen molar-refractivity contribution >= 4 is 63.3 Å². The number of carbonyl (C=O) groups excluding carboxylic acids is 1. The summed E-state index contributed by atoms with van der Waals surface area (Å²) in [5.74, 6) is 0. The number of rotatable bonds is 4.